The van der Waals surface area contributed by atoms with Crippen LogP contribution in [0.25, 0.3) is 22.3 Å². The number of rotatable bonds is 8. The molecule has 1 atom stereocenters. The summed E-state index contributed by atoms with van der Waals surface area (Å²) >= 11 is 0. The summed E-state index contributed by atoms with van der Waals surface area (Å²) in [6.45, 7) is 1.65. The minimum atomic E-state index is -4.55. The minimum Gasteiger partial charge on any atom is -0.465 e. The molecule has 1 saturated carbocycles. The number of alkyl halides is 3. The molecule has 1 fully saturated rings. The van der Waals surface area contributed by atoms with Crippen LogP contribution in [0.5, 0.6) is 0 Å². The monoisotopic (exact) mass is 549 g/mol. The molecular formula is C29H26F3N5O3. The number of amides is 2. The standard InChI is InChI=1S/C29H26F3N5O3/c1-17(36-27(38)22-10-21(12-33-13-22)23-15-35-37(16-23)25-8-9-25)18-2-4-19(5-3-18)26-11-24(29(30,31)32)7-6-20(26)14-34-28(39)40/h2-7,10-13,15-17,25,34H,8-9,14H2,1H3,(H,36,38)(H,39,40)/t17-/m1/s1. The number of nitrogens with zero attached hydrogens (tertiary/aromatic N) is 3. The molecule has 0 unspecified atom stereocenters. The van der Waals surface area contributed by atoms with Crippen LogP contribution in [-0.4, -0.2) is 31.9 Å². The summed E-state index contributed by atoms with van der Waals surface area (Å²) < 4.78 is 42.0. The number of hydrogen-bond donors (Lipinski definition) is 3. The zero-order valence-corrected chi connectivity index (χ0v) is 21.4. The summed E-state index contributed by atoms with van der Waals surface area (Å²) in [5, 5.41) is 18.5. The van der Waals surface area contributed by atoms with E-state index in [2.05, 4.69) is 20.7 Å². The summed E-state index contributed by atoms with van der Waals surface area (Å²) in [7, 11) is 0. The lowest BCUT2D eigenvalue weighted by atomic mass is 9.95. The molecule has 2 amide bonds. The molecule has 2 aromatic carbocycles. The zero-order valence-electron chi connectivity index (χ0n) is 21.4. The van der Waals surface area contributed by atoms with E-state index in [0.29, 0.717) is 22.7 Å². The minimum absolute atomic E-state index is 0.147. The van der Waals surface area contributed by atoms with Gasteiger partial charge in [0, 0.05) is 36.3 Å². The fourth-order valence-electron chi connectivity index (χ4n) is 4.41. The van der Waals surface area contributed by atoms with Gasteiger partial charge in [0.1, 0.15) is 0 Å². The summed E-state index contributed by atoms with van der Waals surface area (Å²) in [6, 6.07) is 11.7. The first kappa shape index (κ1) is 26.9. The first-order chi connectivity index (χ1) is 19.1. The molecule has 4 aromatic rings. The highest BCUT2D eigenvalue weighted by molar-refractivity contribution is 5.95. The number of carboxylic acid groups (broad SMARTS) is 1. The van der Waals surface area contributed by atoms with Gasteiger partial charge >= 0.3 is 12.3 Å². The molecule has 0 spiro atoms. The Kier molecular flexibility index (Phi) is 7.29. The van der Waals surface area contributed by atoms with E-state index in [-0.39, 0.29) is 18.0 Å². The molecule has 1 aliphatic rings. The third kappa shape index (κ3) is 6.14. The van der Waals surface area contributed by atoms with Gasteiger partial charge in [-0.05, 0) is 60.2 Å². The highest BCUT2D eigenvalue weighted by Crippen LogP contribution is 2.36. The van der Waals surface area contributed by atoms with Crippen molar-refractivity contribution in [3.63, 3.8) is 0 Å². The molecule has 2 heterocycles. The number of nitrogens with one attached hydrogen (secondary N) is 2. The van der Waals surface area contributed by atoms with Crippen molar-refractivity contribution < 1.29 is 27.9 Å². The molecule has 8 nitrogen and oxygen atoms in total. The van der Waals surface area contributed by atoms with E-state index in [1.54, 1.807) is 49.6 Å². The number of aromatic nitrogens is 3. The van der Waals surface area contributed by atoms with E-state index in [1.165, 1.54) is 12.3 Å². The Labute approximate surface area is 227 Å². The lowest BCUT2D eigenvalue weighted by Crippen LogP contribution is -2.26. The third-order valence-electron chi connectivity index (χ3n) is 6.79. The number of benzene rings is 2. The van der Waals surface area contributed by atoms with Crippen molar-refractivity contribution in [1.29, 1.82) is 0 Å². The normalized spacial score (nSPS) is 14.0. The van der Waals surface area contributed by atoms with Crippen molar-refractivity contribution in [1.82, 2.24) is 25.4 Å². The van der Waals surface area contributed by atoms with Crippen LogP contribution in [0.15, 0.2) is 73.3 Å². The topological polar surface area (TPSA) is 109 Å². The van der Waals surface area contributed by atoms with Crippen LogP contribution in [0.2, 0.25) is 0 Å². The molecule has 5 rings (SSSR count). The van der Waals surface area contributed by atoms with Crippen molar-refractivity contribution in [2.75, 3.05) is 0 Å². The van der Waals surface area contributed by atoms with E-state index in [0.717, 1.165) is 41.7 Å². The second kappa shape index (κ2) is 10.8. The highest BCUT2D eigenvalue weighted by atomic mass is 19.4. The third-order valence-corrected chi connectivity index (χ3v) is 6.79. The Morgan fingerprint density at radius 1 is 1.02 bits per heavy atom. The van der Waals surface area contributed by atoms with Crippen molar-refractivity contribution in [2.45, 2.75) is 44.6 Å². The Morgan fingerprint density at radius 3 is 2.45 bits per heavy atom. The molecule has 3 N–H and O–H groups in total. The zero-order chi connectivity index (χ0) is 28.4. The molecule has 40 heavy (non-hydrogen) atoms. The lowest BCUT2D eigenvalue weighted by molar-refractivity contribution is -0.137. The highest BCUT2D eigenvalue weighted by Gasteiger charge is 2.31. The lowest BCUT2D eigenvalue weighted by Gasteiger charge is -2.17. The Balaban J connectivity index is 1.31. The second-order valence-corrected chi connectivity index (χ2v) is 9.75. The number of pyridine rings is 1. The van der Waals surface area contributed by atoms with Crippen molar-refractivity contribution in [2.24, 2.45) is 0 Å². The molecule has 0 aliphatic heterocycles. The average Bonchev–Trinajstić information content (AvgIpc) is 3.67. The molecule has 0 bridgehead atoms. The Bertz CT molecular complexity index is 1550. The van der Waals surface area contributed by atoms with Crippen LogP contribution in [-0.2, 0) is 12.7 Å². The van der Waals surface area contributed by atoms with E-state index >= 15 is 0 Å². The number of carbonyl (C=O) groups excluding carboxylic acids is 1. The van der Waals surface area contributed by atoms with Crippen LogP contribution in [0, 0.1) is 0 Å². The predicted molar refractivity (Wildman–Crippen MR) is 141 cm³/mol. The van der Waals surface area contributed by atoms with Gasteiger partial charge in [-0.25, -0.2) is 4.79 Å². The van der Waals surface area contributed by atoms with Gasteiger partial charge in [0.25, 0.3) is 5.91 Å². The Hall–Kier alpha value is -4.67. The van der Waals surface area contributed by atoms with Gasteiger partial charge in [-0.2, -0.15) is 18.3 Å². The molecule has 0 radical (unpaired) electrons. The quantitative estimate of drug-likeness (QED) is 0.242. The van der Waals surface area contributed by atoms with Crippen molar-refractivity contribution in [3.8, 4) is 22.3 Å². The van der Waals surface area contributed by atoms with E-state index < -0.39 is 23.9 Å². The maximum absolute atomic E-state index is 13.4. The summed E-state index contributed by atoms with van der Waals surface area (Å²) in [4.78, 5) is 28.2. The van der Waals surface area contributed by atoms with Crippen LogP contribution >= 0.6 is 0 Å². The first-order valence-electron chi connectivity index (χ1n) is 12.7. The van der Waals surface area contributed by atoms with E-state index in [4.69, 9.17) is 5.11 Å². The molecule has 0 saturated heterocycles. The van der Waals surface area contributed by atoms with Crippen LogP contribution in [0.4, 0.5) is 18.0 Å². The molecule has 11 heteroatoms. The van der Waals surface area contributed by atoms with Crippen LogP contribution < -0.4 is 10.6 Å². The van der Waals surface area contributed by atoms with Gasteiger partial charge in [-0.1, -0.05) is 30.3 Å². The maximum Gasteiger partial charge on any atom is 0.416 e. The fraction of sp³-hybridized carbons (Fsp3) is 0.241. The SMILES string of the molecule is C[C@@H](NC(=O)c1cncc(-c2cnn(C3CC3)c2)c1)c1ccc(-c2cc(C(F)(F)F)ccc2CNC(=O)O)cc1. The molecule has 2 aromatic heterocycles. The van der Waals surface area contributed by atoms with Gasteiger partial charge in [-0.15, -0.1) is 0 Å². The van der Waals surface area contributed by atoms with Crippen molar-refractivity contribution in [3.05, 3.63) is 95.6 Å². The Morgan fingerprint density at radius 2 is 1.77 bits per heavy atom. The summed E-state index contributed by atoms with van der Waals surface area (Å²) in [6.07, 6.45) is 3.29. The fourth-order valence-corrected chi connectivity index (χ4v) is 4.41. The number of halogens is 3. The largest absolute Gasteiger partial charge is 0.465 e. The maximum atomic E-state index is 13.4. The van der Waals surface area contributed by atoms with Crippen LogP contribution in [0.1, 0.15) is 58.9 Å². The van der Waals surface area contributed by atoms with E-state index in [9.17, 15) is 22.8 Å². The van der Waals surface area contributed by atoms with Crippen molar-refractivity contribution >= 4 is 12.0 Å². The summed E-state index contributed by atoms with van der Waals surface area (Å²) in [5.74, 6) is -0.319. The van der Waals surface area contributed by atoms with Crippen LogP contribution in [0.3, 0.4) is 0 Å². The van der Waals surface area contributed by atoms with E-state index in [1.807, 2.05) is 10.9 Å². The first-order valence-corrected chi connectivity index (χ1v) is 12.7. The number of hydrogen-bond acceptors (Lipinski definition) is 4. The second-order valence-electron chi connectivity index (χ2n) is 9.75. The van der Waals surface area contributed by atoms with Gasteiger partial charge in [-0.3, -0.25) is 14.5 Å². The van der Waals surface area contributed by atoms with Gasteiger partial charge in [0.2, 0.25) is 0 Å². The summed E-state index contributed by atoms with van der Waals surface area (Å²) in [5.41, 5.74) is 3.11. The van der Waals surface area contributed by atoms with Gasteiger partial charge in [0.15, 0.2) is 0 Å². The molecule has 206 valence electrons. The van der Waals surface area contributed by atoms with Gasteiger partial charge in [0.05, 0.1) is 29.4 Å². The molecule has 1 aliphatic carbocycles. The predicted octanol–water partition coefficient (Wildman–Crippen LogP) is 6.22. The average molecular weight is 550 g/mol. The van der Waals surface area contributed by atoms with Gasteiger partial charge < -0.3 is 15.7 Å². The smallest absolute Gasteiger partial charge is 0.416 e. The number of carbonyl (C=O) groups is 2. The molecular weight excluding hydrogens is 523 g/mol.